The second-order valence-electron chi connectivity index (χ2n) is 5.49. The number of nitrogens with zero attached hydrogens (tertiary/aromatic N) is 2. The number of aryl methyl sites for hydroxylation is 2. The van der Waals surface area contributed by atoms with Crippen LogP contribution in [0.15, 0.2) is 22.4 Å². The summed E-state index contributed by atoms with van der Waals surface area (Å²) in [5.74, 6) is 0.864. The molecular weight excluding hydrogens is 224 g/mol. The van der Waals surface area contributed by atoms with E-state index in [4.69, 9.17) is 0 Å². The molecule has 3 heteroatoms. The van der Waals surface area contributed by atoms with Crippen molar-refractivity contribution in [2.45, 2.75) is 52.5 Å². The molecular formula is C15H22N2O. The van der Waals surface area contributed by atoms with Crippen molar-refractivity contribution >= 4 is 5.69 Å². The largest absolute Gasteiger partial charge is 0.505 e. The molecule has 1 aromatic carbocycles. The molecule has 18 heavy (non-hydrogen) atoms. The summed E-state index contributed by atoms with van der Waals surface area (Å²) in [6.07, 6.45) is 4.91. The molecule has 2 unspecified atom stereocenters. The molecule has 0 spiro atoms. The van der Waals surface area contributed by atoms with Gasteiger partial charge in [0, 0.05) is 0 Å². The molecule has 1 aliphatic rings. The van der Waals surface area contributed by atoms with E-state index in [0.29, 0.717) is 17.6 Å². The van der Waals surface area contributed by atoms with Gasteiger partial charge in [0.2, 0.25) is 0 Å². The number of hydrogen-bond acceptors (Lipinski definition) is 3. The van der Waals surface area contributed by atoms with Crippen molar-refractivity contribution in [3.8, 4) is 5.75 Å². The first-order valence-electron chi connectivity index (χ1n) is 6.79. The zero-order chi connectivity index (χ0) is 13.1. The van der Waals surface area contributed by atoms with Gasteiger partial charge in [-0.3, -0.25) is 0 Å². The molecule has 1 saturated carbocycles. The number of benzene rings is 1. The predicted molar refractivity (Wildman–Crippen MR) is 73.5 cm³/mol. The Morgan fingerprint density at radius 3 is 2.61 bits per heavy atom. The summed E-state index contributed by atoms with van der Waals surface area (Å²) < 4.78 is 0. The number of hydrogen-bond donors (Lipinski definition) is 1. The van der Waals surface area contributed by atoms with E-state index in [0.717, 1.165) is 17.5 Å². The highest BCUT2D eigenvalue weighted by Gasteiger charge is 2.20. The summed E-state index contributed by atoms with van der Waals surface area (Å²) in [7, 11) is 0. The van der Waals surface area contributed by atoms with Crippen LogP contribution in [0.3, 0.4) is 0 Å². The van der Waals surface area contributed by atoms with Crippen molar-refractivity contribution < 1.29 is 5.11 Å². The molecule has 1 fully saturated rings. The highest BCUT2D eigenvalue weighted by molar-refractivity contribution is 5.56. The van der Waals surface area contributed by atoms with Crippen molar-refractivity contribution in [3.05, 3.63) is 23.3 Å². The van der Waals surface area contributed by atoms with Gasteiger partial charge in [0.15, 0.2) is 0 Å². The van der Waals surface area contributed by atoms with E-state index in [-0.39, 0.29) is 5.75 Å². The molecule has 98 valence electrons. The van der Waals surface area contributed by atoms with Gasteiger partial charge >= 0.3 is 0 Å². The molecule has 0 saturated heterocycles. The number of azo groups is 1. The maximum absolute atomic E-state index is 9.96. The maximum Gasteiger partial charge on any atom is 0.145 e. The Bertz CT molecular complexity index is 454. The Hall–Kier alpha value is -1.38. The number of phenolic OH excluding ortho intramolecular Hbond substituents is 1. The van der Waals surface area contributed by atoms with E-state index < -0.39 is 0 Å². The standard InChI is InChI=1S/C15H22N2O/c1-10-8-12(3)15(18)14(9-10)17-16-13-7-5-4-6-11(13)2/h8-9,11,13,18H,4-7H2,1-3H3. The molecule has 0 bridgehead atoms. The lowest BCUT2D eigenvalue weighted by Crippen LogP contribution is -2.19. The van der Waals surface area contributed by atoms with Crippen LogP contribution >= 0.6 is 0 Å². The normalized spacial score (nSPS) is 24.6. The molecule has 0 radical (unpaired) electrons. The minimum absolute atomic E-state index is 0.257. The SMILES string of the molecule is Cc1cc(C)c(O)c(N=NC2CCCCC2C)c1. The van der Waals surface area contributed by atoms with E-state index in [1.165, 1.54) is 19.3 Å². The monoisotopic (exact) mass is 246 g/mol. The first kappa shape index (κ1) is 13.1. The third-order valence-corrected chi connectivity index (χ3v) is 3.80. The minimum Gasteiger partial charge on any atom is -0.505 e. The molecule has 1 aromatic rings. The van der Waals surface area contributed by atoms with Crippen LogP contribution in [0, 0.1) is 19.8 Å². The van der Waals surface area contributed by atoms with Crippen molar-refractivity contribution in [3.63, 3.8) is 0 Å². The van der Waals surface area contributed by atoms with Gasteiger partial charge < -0.3 is 5.11 Å². The van der Waals surface area contributed by atoms with Crippen LogP contribution in [0.1, 0.15) is 43.7 Å². The van der Waals surface area contributed by atoms with Gasteiger partial charge in [0.25, 0.3) is 0 Å². The van der Waals surface area contributed by atoms with Gasteiger partial charge in [-0.1, -0.05) is 25.8 Å². The summed E-state index contributed by atoms with van der Waals surface area (Å²) in [6.45, 7) is 6.14. The van der Waals surface area contributed by atoms with Crippen molar-refractivity contribution in [2.24, 2.45) is 16.1 Å². The highest BCUT2D eigenvalue weighted by atomic mass is 16.3. The lowest BCUT2D eigenvalue weighted by molar-refractivity contribution is 0.324. The number of aromatic hydroxyl groups is 1. The van der Waals surface area contributed by atoms with Crippen molar-refractivity contribution in [1.29, 1.82) is 0 Å². The lowest BCUT2D eigenvalue weighted by atomic mass is 9.86. The van der Waals surface area contributed by atoms with Crippen LogP contribution in [0.25, 0.3) is 0 Å². The highest BCUT2D eigenvalue weighted by Crippen LogP contribution is 2.33. The quantitative estimate of drug-likeness (QED) is 0.757. The predicted octanol–water partition coefficient (Wildman–Crippen LogP) is 4.67. The molecule has 0 heterocycles. The average Bonchev–Trinajstić information content (AvgIpc) is 2.33. The fourth-order valence-electron chi connectivity index (χ4n) is 2.62. The van der Waals surface area contributed by atoms with Crippen LogP contribution in [-0.4, -0.2) is 11.1 Å². The van der Waals surface area contributed by atoms with Gasteiger partial charge in [-0.25, -0.2) is 0 Å². The van der Waals surface area contributed by atoms with E-state index in [2.05, 4.69) is 17.2 Å². The number of rotatable bonds is 2. The van der Waals surface area contributed by atoms with Crippen LogP contribution in [-0.2, 0) is 0 Å². The van der Waals surface area contributed by atoms with E-state index in [1.54, 1.807) is 0 Å². The van der Waals surface area contributed by atoms with Gasteiger partial charge in [0.05, 0.1) is 6.04 Å². The average molecular weight is 246 g/mol. The van der Waals surface area contributed by atoms with Gasteiger partial charge in [-0.15, -0.1) is 0 Å². The molecule has 1 aliphatic carbocycles. The van der Waals surface area contributed by atoms with Crippen molar-refractivity contribution in [2.75, 3.05) is 0 Å². The zero-order valence-electron chi connectivity index (χ0n) is 11.5. The summed E-state index contributed by atoms with van der Waals surface area (Å²) in [5.41, 5.74) is 2.57. The fourth-order valence-corrected chi connectivity index (χ4v) is 2.62. The molecule has 2 atom stereocenters. The Morgan fingerprint density at radius 1 is 1.17 bits per heavy atom. The second-order valence-corrected chi connectivity index (χ2v) is 5.49. The third-order valence-electron chi connectivity index (χ3n) is 3.80. The fraction of sp³-hybridized carbons (Fsp3) is 0.600. The van der Waals surface area contributed by atoms with Crippen LogP contribution < -0.4 is 0 Å². The molecule has 0 amide bonds. The molecule has 2 rings (SSSR count). The topological polar surface area (TPSA) is 45.0 Å². The van der Waals surface area contributed by atoms with Gasteiger partial charge in [0.1, 0.15) is 11.4 Å². The summed E-state index contributed by atoms with van der Waals surface area (Å²) in [4.78, 5) is 0. The maximum atomic E-state index is 9.96. The van der Waals surface area contributed by atoms with Crippen LogP contribution in [0.2, 0.25) is 0 Å². The summed E-state index contributed by atoms with van der Waals surface area (Å²) in [5, 5.41) is 18.7. The molecule has 0 aliphatic heterocycles. The Balaban J connectivity index is 2.17. The summed E-state index contributed by atoms with van der Waals surface area (Å²) in [6, 6.07) is 4.16. The van der Waals surface area contributed by atoms with E-state index in [1.807, 2.05) is 26.0 Å². The third kappa shape index (κ3) is 2.89. The second kappa shape index (κ2) is 5.51. The van der Waals surface area contributed by atoms with Gasteiger partial charge in [-0.05, 0) is 49.8 Å². The Kier molecular flexibility index (Phi) is 4.00. The lowest BCUT2D eigenvalue weighted by Gasteiger charge is -2.24. The van der Waals surface area contributed by atoms with Crippen LogP contribution in [0.4, 0.5) is 5.69 Å². The van der Waals surface area contributed by atoms with Crippen LogP contribution in [0.5, 0.6) is 5.75 Å². The van der Waals surface area contributed by atoms with E-state index in [9.17, 15) is 5.11 Å². The van der Waals surface area contributed by atoms with Crippen molar-refractivity contribution in [1.82, 2.24) is 0 Å². The summed E-state index contributed by atoms with van der Waals surface area (Å²) >= 11 is 0. The first-order valence-corrected chi connectivity index (χ1v) is 6.79. The van der Waals surface area contributed by atoms with E-state index >= 15 is 0 Å². The number of phenols is 1. The van der Waals surface area contributed by atoms with Gasteiger partial charge in [-0.2, -0.15) is 10.2 Å². The Morgan fingerprint density at radius 2 is 1.89 bits per heavy atom. The molecule has 0 aromatic heterocycles. The smallest absolute Gasteiger partial charge is 0.145 e. The zero-order valence-corrected chi connectivity index (χ0v) is 11.5. The molecule has 3 nitrogen and oxygen atoms in total. The minimum atomic E-state index is 0.257. The molecule has 1 N–H and O–H groups in total. The first-order chi connectivity index (χ1) is 8.58. The Labute approximate surface area is 109 Å².